The number of anilines is 1. The lowest BCUT2D eigenvalue weighted by molar-refractivity contribution is 0.102. The van der Waals surface area contributed by atoms with Crippen LogP contribution >= 0.6 is 11.6 Å². The van der Waals surface area contributed by atoms with E-state index in [2.05, 4.69) is 5.32 Å². The number of nitrogens with two attached hydrogens (primary N) is 1. The number of hydrogen-bond acceptors (Lipinski definition) is 3. The van der Waals surface area contributed by atoms with E-state index >= 15 is 0 Å². The van der Waals surface area contributed by atoms with Crippen molar-refractivity contribution in [1.29, 1.82) is 0 Å². The lowest BCUT2D eigenvalue weighted by Crippen LogP contribution is -2.15. The number of halogens is 1. The summed E-state index contributed by atoms with van der Waals surface area (Å²) in [5, 5.41) is 8.22. The fourth-order valence-corrected chi connectivity index (χ4v) is 2.57. The number of carbonyl (C=O) groups excluding carboxylic acids is 1. The molecule has 3 N–H and O–H groups in total. The Balaban J connectivity index is 2.26. The van der Waals surface area contributed by atoms with E-state index in [1.54, 1.807) is 31.2 Å². The smallest absolute Gasteiger partial charge is 0.255 e. The third-order valence-electron chi connectivity index (χ3n) is 2.86. The zero-order valence-electron chi connectivity index (χ0n) is 11.1. The Labute approximate surface area is 127 Å². The Bertz CT molecular complexity index is 804. The van der Waals surface area contributed by atoms with E-state index in [-0.39, 0.29) is 10.8 Å². The Morgan fingerprint density at radius 3 is 2.48 bits per heavy atom. The normalized spacial score (nSPS) is 11.2. The molecule has 0 saturated heterocycles. The molecule has 0 bridgehead atoms. The molecule has 0 unspecified atom stereocenters. The van der Waals surface area contributed by atoms with E-state index in [1.165, 1.54) is 18.2 Å². The predicted octanol–water partition coefficient (Wildman–Crippen LogP) is 2.55. The third kappa shape index (κ3) is 3.81. The van der Waals surface area contributed by atoms with Crippen LogP contribution in [0, 0.1) is 6.92 Å². The van der Waals surface area contributed by atoms with E-state index in [0.717, 1.165) is 0 Å². The average Bonchev–Trinajstić information content (AvgIpc) is 2.39. The van der Waals surface area contributed by atoms with E-state index in [9.17, 15) is 13.2 Å². The number of aryl methyl sites for hydroxylation is 1. The molecule has 0 radical (unpaired) electrons. The molecule has 5 nitrogen and oxygen atoms in total. The molecule has 0 aliphatic heterocycles. The zero-order valence-corrected chi connectivity index (χ0v) is 12.7. The minimum absolute atomic E-state index is 0.000699. The molecule has 0 spiro atoms. The highest BCUT2D eigenvalue weighted by atomic mass is 35.5. The van der Waals surface area contributed by atoms with Gasteiger partial charge in [0.25, 0.3) is 5.91 Å². The molecular formula is C14H13ClN2O3S. The van der Waals surface area contributed by atoms with Gasteiger partial charge in [-0.25, -0.2) is 13.6 Å². The van der Waals surface area contributed by atoms with E-state index in [0.29, 0.717) is 21.8 Å². The first-order valence-corrected chi connectivity index (χ1v) is 7.90. The SMILES string of the molecule is Cc1cc(S(N)(=O)=O)ccc1NC(=O)c1cccc(Cl)c1. The summed E-state index contributed by atoms with van der Waals surface area (Å²) >= 11 is 5.83. The summed E-state index contributed by atoms with van der Waals surface area (Å²) in [4.78, 5) is 12.1. The summed E-state index contributed by atoms with van der Waals surface area (Å²) in [6, 6.07) is 10.8. The lowest BCUT2D eigenvalue weighted by atomic mass is 10.1. The van der Waals surface area contributed by atoms with Gasteiger partial charge in [0.1, 0.15) is 0 Å². The largest absolute Gasteiger partial charge is 0.322 e. The molecule has 2 aromatic carbocycles. The highest BCUT2D eigenvalue weighted by molar-refractivity contribution is 7.89. The molecule has 0 heterocycles. The van der Waals surface area contributed by atoms with Crippen molar-refractivity contribution >= 4 is 33.2 Å². The van der Waals surface area contributed by atoms with Crippen LogP contribution in [0.5, 0.6) is 0 Å². The van der Waals surface area contributed by atoms with E-state index in [4.69, 9.17) is 16.7 Å². The van der Waals surface area contributed by atoms with Gasteiger partial charge in [-0.2, -0.15) is 0 Å². The number of benzene rings is 2. The molecule has 0 saturated carbocycles. The maximum atomic E-state index is 12.1. The number of nitrogens with one attached hydrogen (secondary N) is 1. The van der Waals surface area contributed by atoms with Crippen LogP contribution in [0.15, 0.2) is 47.4 Å². The molecule has 0 aliphatic rings. The molecule has 1 amide bonds. The van der Waals surface area contributed by atoms with Crippen LogP contribution in [-0.4, -0.2) is 14.3 Å². The minimum atomic E-state index is -3.76. The summed E-state index contributed by atoms with van der Waals surface area (Å²) in [5.74, 6) is -0.330. The average molecular weight is 325 g/mol. The van der Waals surface area contributed by atoms with Gasteiger partial charge in [-0.1, -0.05) is 17.7 Å². The van der Waals surface area contributed by atoms with Gasteiger partial charge in [0, 0.05) is 16.3 Å². The van der Waals surface area contributed by atoms with Crippen LogP contribution in [0.4, 0.5) is 5.69 Å². The van der Waals surface area contributed by atoms with Crippen LogP contribution in [0.3, 0.4) is 0 Å². The molecule has 0 fully saturated rings. The third-order valence-corrected chi connectivity index (χ3v) is 4.01. The molecule has 110 valence electrons. The molecule has 0 atom stereocenters. The van der Waals surface area contributed by atoms with Gasteiger partial charge in [0.2, 0.25) is 10.0 Å². The van der Waals surface area contributed by atoms with Crippen LogP contribution in [-0.2, 0) is 10.0 Å². The van der Waals surface area contributed by atoms with Gasteiger partial charge in [0.05, 0.1) is 4.90 Å². The molecule has 2 rings (SSSR count). The van der Waals surface area contributed by atoms with Crippen molar-refractivity contribution < 1.29 is 13.2 Å². The molecule has 0 aromatic heterocycles. The number of primary sulfonamides is 1. The van der Waals surface area contributed by atoms with Crippen molar-refractivity contribution in [2.75, 3.05) is 5.32 Å². The van der Waals surface area contributed by atoms with Crippen molar-refractivity contribution in [3.63, 3.8) is 0 Å². The van der Waals surface area contributed by atoms with Gasteiger partial charge >= 0.3 is 0 Å². The van der Waals surface area contributed by atoms with Crippen molar-refractivity contribution in [3.05, 3.63) is 58.6 Å². The first-order chi connectivity index (χ1) is 9.77. The Morgan fingerprint density at radius 1 is 1.19 bits per heavy atom. The van der Waals surface area contributed by atoms with Crippen molar-refractivity contribution in [3.8, 4) is 0 Å². The maximum Gasteiger partial charge on any atom is 0.255 e. The first-order valence-electron chi connectivity index (χ1n) is 5.98. The maximum absolute atomic E-state index is 12.1. The lowest BCUT2D eigenvalue weighted by Gasteiger charge is -2.10. The summed E-state index contributed by atoms with van der Waals surface area (Å²) in [7, 11) is -3.76. The van der Waals surface area contributed by atoms with Crippen LogP contribution in [0.25, 0.3) is 0 Å². The second-order valence-corrected chi connectivity index (χ2v) is 6.48. The van der Waals surface area contributed by atoms with Gasteiger partial charge in [-0.05, 0) is 48.9 Å². The zero-order chi connectivity index (χ0) is 15.6. The quantitative estimate of drug-likeness (QED) is 0.909. The van der Waals surface area contributed by atoms with Crippen molar-refractivity contribution in [2.45, 2.75) is 11.8 Å². The number of rotatable bonds is 3. The fraction of sp³-hybridized carbons (Fsp3) is 0.0714. The minimum Gasteiger partial charge on any atom is -0.322 e. The number of amides is 1. The van der Waals surface area contributed by atoms with Crippen LogP contribution in [0.2, 0.25) is 5.02 Å². The van der Waals surface area contributed by atoms with Gasteiger partial charge < -0.3 is 5.32 Å². The van der Waals surface area contributed by atoms with Gasteiger partial charge in [-0.15, -0.1) is 0 Å². The topological polar surface area (TPSA) is 89.3 Å². The van der Waals surface area contributed by atoms with Crippen molar-refractivity contribution in [2.24, 2.45) is 5.14 Å². The fourth-order valence-electron chi connectivity index (χ4n) is 1.78. The Hall–Kier alpha value is -1.89. The summed E-state index contributed by atoms with van der Waals surface area (Å²) in [6.07, 6.45) is 0. The number of hydrogen-bond donors (Lipinski definition) is 2. The van der Waals surface area contributed by atoms with Gasteiger partial charge in [0.15, 0.2) is 0 Å². The summed E-state index contributed by atoms with van der Waals surface area (Å²) < 4.78 is 22.5. The second kappa shape index (κ2) is 5.85. The molecular weight excluding hydrogens is 312 g/mol. The number of carbonyl (C=O) groups is 1. The molecule has 21 heavy (non-hydrogen) atoms. The molecule has 7 heteroatoms. The first kappa shape index (κ1) is 15.5. The molecule has 2 aromatic rings. The predicted molar refractivity (Wildman–Crippen MR) is 82.0 cm³/mol. The second-order valence-electron chi connectivity index (χ2n) is 4.49. The highest BCUT2D eigenvalue weighted by Gasteiger charge is 2.12. The summed E-state index contributed by atoms with van der Waals surface area (Å²) in [5.41, 5.74) is 1.52. The van der Waals surface area contributed by atoms with Crippen LogP contribution in [0.1, 0.15) is 15.9 Å². The molecule has 0 aliphatic carbocycles. The Kier molecular flexibility index (Phi) is 4.32. The van der Waals surface area contributed by atoms with E-state index in [1.807, 2.05) is 0 Å². The van der Waals surface area contributed by atoms with Crippen molar-refractivity contribution in [1.82, 2.24) is 0 Å². The van der Waals surface area contributed by atoms with Crippen LogP contribution < -0.4 is 10.5 Å². The highest BCUT2D eigenvalue weighted by Crippen LogP contribution is 2.20. The standard InChI is InChI=1S/C14H13ClN2O3S/c1-9-7-12(21(16,19)20)5-6-13(9)17-14(18)10-3-2-4-11(15)8-10/h2-8H,1H3,(H,17,18)(H2,16,19,20). The summed E-state index contributed by atoms with van der Waals surface area (Å²) in [6.45, 7) is 1.68. The Morgan fingerprint density at radius 2 is 1.90 bits per heavy atom. The van der Waals surface area contributed by atoms with E-state index < -0.39 is 10.0 Å². The van der Waals surface area contributed by atoms with Gasteiger partial charge in [-0.3, -0.25) is 4.79 Å². The monoisotopic (exact) mass is 324 g/mol. The number of sulfonamides is 1.